The fourth-order valence-corrected chi connectivity index (χ4v) is 2.55. The largest absolute Gasteiger partial charge is 0.494 e. The molecule has 5 heteroatoms. The van der Waals surface area contributed by atoms with Crippen molar-refractivity contribution in [1.82, 2.24) is 9.55 Å². The Kier molecular flexibility index (Phi) is 3.05. The van der Waals surface area contributed by atoms with Gasteiger partial charge in [0, 0.05) is 10.7 Å². The lowest BCUT2D eigenvalue weighted by Crippen LogP contribution is -1.93. The quantitative estimate of drug-likeness (QED) is 0.711. The van der Waals surface area contributed by atoms with E-state index in [1.165, 1.54) is 0 Å². The molecule has 0 bridgehead atoms. The molecule has 0 radical (unpaired) electrons. The van der Waals surface area contributed by atoms with Gasteiger partial charge in [0.25, 0.3) is 0 Å². The molecule has 1 N–H and O–H groups in total. The number of hydrogen-bond donors (Lipinski definition) is 1. The fraction of sp³-hybridized carbons (Fsp3) is 0.0714. The predicted octanol–water partition coefficient (Wildman–Crippen LogP) is 4.35. The number of nitrogens with one attached hydrogen (secondary N) is 1. The van der Waals surface area contributed by atoms with Gasteiger partial charge in [0.1, 0.15) is 11.3 Å². The van der Waals surface area contributed by atoms with Gasteiger partial charge in [-0.3, -0.25) is 4.57 Å². The third kappa shape index (κ3) is 2.03. The molecule has 0 saturated carbocycles. The lowest BCUT2D eigenvalue weighted by molar-refractivity contribution is 0.419. The Morgan fingerprint density at radius 1 is 1.16 bits per heavy atom. The smallest absolute Gasteiger partial charge is 0.182 e. The number of ether oxygens (including phenoxy) is 1. The van der Waals surface area contributed by atoms with Crippen molar-refractivity contribution in [3.8, 4) is 11.4 Å². The molecular weight excluding hydrogens is 280 g/mol. The summed E-state index contributed by atoms with van der Waals surface area (Å²) in [5.41, 5.74) is 2.84. The first-order valence-electron chi connectivity index (χ1n) is 5.74. The maximum absolute atomic E-state index is 5.92. The Morgan fingerprint density at radius 3 is 2.58 bits per heavy atom. The highest BCUT2D eigenvalue weighted by atomic mass is 35.5. The molecular formula is C14H11ClN2OS. The molecule has 1 aromatic heterocycles. The molecule has 3 nitrogen and oxygen atoms in total. The van der Waals surface area contributed by atoms with Crippen molar-refractivity contribution >= 4 is 34.9 Å². The van der Waals surface area contributed by atoms with E-state index >= 15 is 0 Å². The van der Waals surface area contributed by atoms with Crippen LogP contribution < -0.4 is 4.74 Å². The lowest BCUT2D eigenvalue weighted by Gasteiger charge is -2.05. The first-order chi connectivity index (χ1) is 9.20. The summed E-state index contributed by atoms with van der Waals surface area (Å²) in [5, 5.41) is 0.702. The maximum atomic E-state index is 5.92. The lowest BCUT2D eigenvalue weighted by atomic mass is 10.2. The number of aromatic nitrogens is 2. The van der Waals surface area contributed by atoms with Crippen molar-refractivity contribution < 1.29 is 4.74 Å². The minimum Gasteiger partial charge on any atom is -0.494 e. The maximum Gasteiger partial charge on any atom is 0.182 e. The number of fused-ring (bicyclic) bond motifs is 1. The number of aromatic amines is 1. The average Bonchev–Trinajstić information content (AvgIpc) is 2.76. The highest BCUT2D eigenvalue weighted by Crippen LogP contribution is 2.27. The van der Waals surface area contributed by atoms with Crippen LogP contribution in [0.3, 0.4) is 0 Å². The van der Waals surface area contributed by atoms with Gasteiger partial charge in [-0.25, -0.2) is 0 Å². The van der Waals surface area contributed by atoms with E-state index in [1.807, 2.05) is 47.0 Å². The molecule has 3 aromatic rings. The highest BCUT2D eigenvalue weighted by molar-refractivity contribution is 7.71. The number of halogens is 1. The number of methoxy groups -OCH3 is 1. The zero-order valence-electron chi connectivity index (χ0n) is 10.2. The molecule has 0 spiro atoms. The standard InChI is InChI=1S/C14H11ClN2OS/c1-18-12-4-2-3-11-13(12)16-14(19)17(11)10-7-5-9(15)6-8-10/h2-8H,1H3,(H,16,19). The van der Waals surface area contributed by atoms with Gasteiger partial charge in [-0.2, -0.15) is 0 Å². The number of para-hydroxylation sites is 1. The number of imidazole rings is 1. The van der Waals surface area contributed by atoms with Gasteiger partial charge < -0.3 is 9.72 Å². The molecule has 2 aromatic carbocycles. The van der Waals surface area contributed by atoms with Crippen LogP contribution in [-0.4, -0.2) is 16.7 Å². The van der Waals surface area contributed by atoms with E-state index in [4.69, 9.17) is 28.6 Å². The van der Waals surface area contributed by atoms with E-state index in [9.17, 15) is 0 Å². The van der Waals surface area contributed by atoms with Crippen molar-refractivity contribution in [2.45, 2.75) is 0 Å². The molecule has 0 atom stereocenters. The van der Waals surface area contributed by atoms with Crippen molar-refractivity contribution in [3.63, 3.8) is 0 Å². The van der Waals surface area contributed by atoms with E-state index in [2.05, 4.69) is 4.98 Å². The van der Waals surface area contributed by atoms with Gasteiger partial charge in [-0.05, 0) is 48.6 Å². The Hall–Kier alpha value is -1.78. The molecule has 0 aliphatic rings. The Morgan fingerprint density at radius 2 is 1.89 bits per heavy atom. The SMILES string of the molecule is COc1cccc2c1[nH]c(=S)n2-c1ccc(Cl)cc1. The van der Waals surface area contributed by atoms with Crippen LogP contribution in [-0.2, 0) is 0 Å². The van der Waals surface area contributed by atoms with E-state index < -0.39 is 0 Å². The second-order valence-electron chi connectivity index (χ2n) is 4.10. The zero-order valence-corrected chi connectivity index (χ0v) is 11.8. The third-order valence-corrected chi connectivity index (χ3v) is 3.52. The summed E-state index contributed by atoms with van der Waals surface area (Å²) in [5.74, 6) is 0.774. The fourth-order valence-electron chi connectivity index (χ4n) is 2.12. The first-order valence-corrected chi connectivity index (χ1v) is 6.53. The monoisotopic (exact) mass is 290 g/mol. The normalized spacial score (nSPS) is 10.8. The Bertz CT molecular complexity index is 789. The molecule has 0 aliphatic carbocycles. The summed E-state index contributed by atoms with van der Waals surface area (Å²) in [6.45, 7) is 0. The molecule has 3 rings (SSSR count). The molecule has 0 saturated heterocycles. The minimum atomic E-state index is 0.627. The van der Waals surface area contributed by atoms with Crippen molar-refractivity contribution in [2.75, 3.05) is 7.11 Å². The van der Waals surface area contributed by atoms with Crippen LogP contribution >= 0.6 is 23.8 Å². The van der Waals surface area contributed by atoms with Crippen LogP contribution in [0.1, 0.15) is 0 Å². The molecule has 1 heterocycles. The summed E-state index contributed by atoms with van der Waals surface area (Å²) in [7, 11) is 1.64. The summed E-state index contributed by atoms with van der Waals surface area (Å²) in [4.78, 5) is 3.18. The third-order valence-electron chi connectivity index (χ3n) is 2.98. The van der Waals surface area contributed by atoms with Crippen molar-refractivity contribution in [2.24, 2.45) is 0 Å². The summed E-state index contributed by atoms with van der Waals surface area (Å²) >= 11 is 11.3. The minimum absolute atomic E-state index is 0.627. The molecule has 0 amide bonds. The molecule has 19 heavy (non-hydrogen) atoms. The molecule has 0 fully saturated rings. The van der Waals surface area contributed by atoms with Gasteiger partial charge in [-0.1, -0.05) is 17.7 Å². The number of nitrogens with zero attached hydrogens (tertiary/aromatic N) is 1. The van der Waals surface area contributed by atoms with Crippen molar-refractivity contribution in [1.29, 1.82) is 0 Å². The van der Waals surface area contributed by atoms with Crippen LogP contribution in [0, 0.1) is 4.77 Å². The Labute approximate surface area is 120 Å². The van der Waals surface area contributed by atoms with Crippen LogP contribution in [0.25, 0.3) is 16.7 Å². The van der Waals surface area contributed by atoms with Gasteiger partial charge in [0.15, 0.2) is 4.77 Å². The Balaban J connectivity index is 2.32. The van der Waals surface area contributed by atoms with Gasteiger partial charge in [0.2, 0.25) is 0 Å². The number of H-pyrrole nitrogens is 1. The molecule has 96 valence electrons. The van der Waals surface area contributed by atoms with Gasteiger partial charge in [-0.15, -0.1) is 0 Å². The number of benzene rings is 2. The molecule has 0 aliphatic heterocycles. The zero-order chi connectivity index (χ0) is 13.4. The van der Waals surface area contributed by atoms with Crippen LogP contribution in [0.15, 0.2) is 42.5 Å². The summed E-state index contributed by atoms with van der Waals surface area (Å²) in [6, 6.07) is 13.4. The summed E-state index contributed by atoms with van der Waals surface area (Å²) < 4.78 is 7.93. The average molecular weight is 291 g/mol. The van der Waals surface area contributed by atoms with Crippen LogP contribution in [0.5, 0.6) is 5.75 Å². The van der Waals surface area contributed by atoms with Gasteiger partial charge >= 0.3 is 0 Å². The van der Waals surface area contributed by atoms with Crippen LogP contribution in [0.2, 0.25) is 5.02 Å². The van der Waals surface area contributed by atoms with E-state index in [1.54, 1.807) is 7.11 Å². The van der Waals surface area contributed by atoms with E-state index in [0.29, 0.717) is 9.79 Å². The first kappa shape index (κ1) is 12.3. The number of hydrogen-bond acceptors (Lipinski definition) is 2. The van der Waals surface area contributed by atoms with E-state index in [0.717, 1.165) is 22.5 Å². The predicted molar refractivity (Wildman–Crippen MR) is 80.0 cm³/mol. The topological polar surface area (TPSA) is 29.9 Å². The summed E-state index contributed by atoms with van der Waals surface area (Å²) in [6.07, 6.45) is 0. The van der Waals surface area contributed by atoms with E-state index in [-0.39, 0.29) is 0 Å². The van der Waals surface area contributed by atoms with Gasteiger partial charge in [0.05, 0.1) is 12.6 Å². The van der Waals surface area contributed by atoms with Crippen molar-refractivity contribution in [3.05, 3.63) is 52.3 Å². The van der Waals surface area contributed by atoms with Crippen LogP contribution in [0.4, 0.5) is 0 Å². The highest BCUT2D eigenvalue weighted by Gasteiger charge is 2.09. The number of rotatable bonds is 2. The second kappa shape index (κ2) is 4.72. The second-order valence-corrected chi connectivity index (χ2v) is 4.92. The molecule has 0 unspecified atom stereocenters.